The Balaban J connectivity index is 0.00000144. The molecule has 17 heavy (non-hydrogen) atoms. The molecule has 1 heterocycles. The summed E-state index contributed by atoms with van der Waals surface area (Å²) in [5, 5.41) is 0. The normalized spacial score (nSPS) is 19.4. The van der Waals surface area contributed by atoms with Crippen LogP contribution in [0.5, 0.6) is 0 Å². The summed E-state index contributed by atoms with van der Waals surface area (Å²) in [7, 11) is 0. The smallest absolute Gasteiger partial charge is 0.237 e. The van der Waals surface area contributed by atoms with E-state index < -0.39 is 0 Å². The van der Waals surface area contributed by atoms with Gasteiger partial charge in [-0.3, -0.25) is 14.5 Å². The second-order valence-electron chi connectivity index (χ2n) is 3.84. The lowest BCUT2D eigenvalue weighted by molar-refractivity contribution is -0.138. The second-order valence-corrected chi connectivity index (χ2v) is 3.84. The maximum absolute atomic E-state index is 12.0. The molecule has 92 valence electrons. The third kappa shape index (κ3) is 2.65. The monoisotopic (exact) mass is 254 g/mol. The third-order valence-corrected chi connectivity index (χ3v) is 2.80. The molecule has 0 bridgehead atoms. The average molecular weight is 255 g/mol. The number of carbonyl (C=O) groups excluding carboxylic acids is 2. The van der Waals surface area contributed by atoms with E-state index in [9.17, 15) is 9.59 Å². The van der Waals surface area contributed by atoms with Gasteiger partial charge in [0.05, 0.1) is 5.92 Å². The maximum atomic E-state index is 12.0. The van der Waals surface area contributed by atoms with Crippen LogP contribution in [0.2, 0.25) is 0 Å². The number of likely N-dealkylation sites (tertiary alicyclic amines) is 1. The highest BCUT2D eigenvalue weighted by atomic mass is 35.5. The van der Waals surface area contributed by atoms with Crippen LogP contribution in [-0.2, 0) is 9.59 Å². The van der Waals surface area contributed by atoms with Gasteiger partial charge in [0.15, 0.2) is 0 Å². The number of benzene rings is 1. The molecule has 1 aliphatic heterocycles. The van der Waals surface area contributed by atoms with Crippen molar-refractivity contribution in [2.75, 3.05) is 13.1 Å². The van der Waals surface area contributed by atoms with Crippen LogP contribution in [0, 0.1) is 0 Å². The van der Waals surface area contributed by atoms with E-state index in [2.05, 4.69) is 0 Å². The van der Waals surface area contributed by atoms with Crippen LogP contribution in [0.4, 0.5) is 0 Å². The molecule has 2 amide bonds. The quantitative estimate of drug-likeness (QED) is 0.816. The minimum atomic E-state index is -0.319. The number of hydrogen-bond acceptors (Lipinski definition) is 3. The molecule has 4 nitrogen and oxygen atoms in total. The van der Waals surface area contributed by atoms with Gasteiger partial charge in [-0.15, -0.1) is 12.4 Å². The SMILES string of the molecule is Cl.NCCN1C(=O)CC(c2ccccc2)C1=O. The fourth-order valence-electron chi connectivity index (χ4n) is 1.99. The van der Waals surface area contributed by atoms with Crippen LogP contribution in [0.3, 0.4) is 0 Å². The Kier molecular flexibility index (Phi) is 4.66. The Labute approximate surface area is 106 Å². The molecule has 1 atom stereocenters. The van der Waals surface area contributed by atoms with E-state index in [0.717, 1.165) is 5.56 Å². The molecule has 1 saturated heterocycles. The minimum absolute atomic E-state index is 0. The van der Waals surface area contributed by atoms with Crippen molar-refractivity contribution >= 4 is 24.2 Å². The number of carbonyl (C=O) groups is 2. The van der Waals surface area contributed by atoms with E-state index in [-0.39, 0.29) is 36.6 Å². The average Bonchev–Trinajstić information content (AvgIpc) is 2.59. The number of nitrogens with two attached hydrogens (primary N) is 1. The van der Waals surface area contributed by atoms with E-state index in [1.165, 1.54) is 4.90 Å². The summed E-state index contributed by atoms with van der Waals surface area (Å²) in [5.74, 6) is -0.564. The largest absolute Gasteiger partial charge is 0.329 e. The first-order valence-electron chi connectivity index (χ1n) is 5.33. The molecule has 2 N–H and O–H groups in total. The van der Waals surface area contributed by atoms with Crippen molar-refractivity contribution in [2.45, 2.75) is 12.3 Å². The van der Waals surface area contributed by atoms with Crippen molar-refractivity contribution in [2.24, 2.45) is 5.73 Å². The summed E-state index contributed by atoms with van der Waals surface area (Å²) in [5.41, 5.74) is 6.27. The summed E-state index contributed by atoms with van der Waals surface area (Å²) < 4.78 is 0. The van der Waals surface area contributed by atoms with Crippen LogP contribution in [0.1, 0.15) is 17.9 Å². The van der Waals surface area contributed by atoms with Crippen molar-refractivity contribution in [3.63, 3.8) is 0 Å². The third-order valence-electron chi connectivity index (χ3n) is 2.80. The molecule has 0 aliphatic carbocycles. The molecule has 2 rings (SSSR count). The van der Waals surface area contributed by atoms with Crippen molar-refractivity contribution < 1.29 is 9.59 Å². The standard InChI is InChI=1S/C12H14N2O2.ClH/c13-6-7-14-11(15)8-10(12(14)16)9-4-2-1-3-5-9;/h1-5,10H,6-8,13H2;1H. The van der Waals surface area contributed by atoms with Gasteiger partial charge in [0.1, 0.15) is 0 Å². The van der Waals surface area contributed by atoms with E-state index >= 15 is 0 Å². The van der Waals surface area contributed by atoms with Crippen molar-refractivity contribution in [3.8, 4) is 0 Å². The van der Waals surface area contributed by atoms with Crippen molar-refractivity contribution in [1.82, 2.24) is 4.90 Å². The van der Waals surface area contributed by atoms with Crippen LogP contribution in [-0.4, -0.2) is 29.8 Å². The summed E-state index contributed by atoms with van der Waals surface area (Å²) in [4.78, 5) is 24.8. The van der Waals surface area contributed by atoms with Gasteiger partial charge < -0.3 is 5.73 Å². The second kappa shape index (κ2) is 5.80. The van der Waals surface area contributed by atoms with E-state index in [0.29, 0.717) is 13.1 Å². The van der Waals surface area contributed by atoms with Crippen molar-refractivity contribution in [3.05, 3.63) is 35.9 Å². The van der Waals surface area contributed by atoms with E-state index in [4.69, 9.17) is 5.73 Å². The van der Waals surface area contributed by atoms with E-state index in [1.807, 2.05) is 30.3 Å². The highest BCUT2D eigenvalue weighted by molar-refractivity contribution is 6.06. The number of amides is 2. The Hall–Kier alpha value is -1.39. The number of halogens is 1. The lowest BCUT2D eigenvalue weighted by Gasteiger charge is -2.13. The molecular formula is C12H15ClN2O2. The Morgan fingerprint density at radius 1 is 1.24 bits per heavy atom. The van der Waals surface area contributed by atoms with Crippen LogP contribution in [0.15, 0.2) is 30.3 Å². The number of rotatable bonds is 3. The summed E-state index contributed by atoms with van der Waals surface area (Å²) in [6, 6.07) is 9.39. The molecule has 0 spiro atoms. The maximum Gasteiger partial charge on any atom is 0.237 e. The summed E-state index contributed by atoms with van der Waals surface area (Å²) >= 11 is 0. The van der Waals surface area contributed by atoms with Crippen LogP contribution >= 0.6 is 12.4 Å². The predicted octanol–water partition coefficient (Wildman–Crippen LogP) is 0.910. The minimum Gasteiger partial charge on any atom is -0.329 e. The molecule has 0 aromatic heterocycles. The molecule has 5 heteroatoms. The lowest BCUT2D eigenvalue weighted by atomic mass is 9.98. The first-order valence-corrected chi connectivity index (χ1v) is 5.33. The van der Waals surface area contributed by atoms with E-state index in [1.54, 1.807) is 0 Å². The van der Waals surface area contributed by atoms with Gasteiger partial charge in [0.2, 0.25) is 11.8 Å². The molecule has 1 aliphatic rings. The molecular weight excluding hydrogens is 240 g/mol. The highest BCUT2D eigenvalue weighted by Gasteiger charge is 2.38. The zero-order valence-electron chi connectivity index (χ0n) is 9.33. The molecule has 1 unspecified atom stereocenters. The molecule has 0 radical (unpaired) electrons. The van der Waals surface area contributed by atoms with Gasteiger partial charge in [-0.25, -0.2) is 0 Å². The fourth-order valence-corrected chi connectivity index (χ4v) is 1.99. The lowest BCUT2D eigenvalue weighted by Crippen LogP contribution is -2.34. The van der Waals surface area contributed by atoms with Gasteiger partial charge >= 0.3 is 0 Å². The first-order chi connectivity index (χ1) is 7.74. The Morgan fingerprint density at radius 3 is 2.47 bits per heavy atom. The van der Waals surface area contributed by atoms with Crippen LogP contribution in [0.25, 0.3) is 0 Å². The number of imide groups is 1. The first kappa shape index (κ1) is 13.7. The zero-order valence-corrected chi connectivity index (χ0v) is 10.2. The summed E-state index contributed by atoms with van der Waals surface area (Å²) in [6.07, 6.45) is 0.267. The molecule has 1 aromatic carbocycles. The van der Waals surface area contributed by atoms with Gasteiger partial charge in [-0.2, -0.15) is 0 Å². The topological polar surface area (TPSA) is 63.4 Å². The fraction of sp³-hybridized carbons (Fsp3) is 0.333. The predicted molar refractivity (Wildman–Crippen MR) is 66.8 cm³/mol. The van der Waals surface area contributed by atoms with Gasteiger partial charge in [0, 0.05) is 19.5 Å². The van der Waals surface area contributed by atoms with Crippen molar-refractivity contribution in [1.29, 1.82) is 0 Å². The molecule has 1 fully saturated rings. The highest BCUT2D eigenvalue weighted by Crippen LogP contribution is 2.28. The Bertz CT molecular complexity index is 408. The Morgan fingerprint density at radius 2 is 1.88 bits per heavy atom. The van der Waals surface area contributed by atoms with Crippen LogP contribution < -0.4 is 5.73 Å². The van der Waals surface area contributed by atoms with Gasteiger partial charge in [-0.05, 0) is 5.56 Å². The number of hydrogen-bond donors (Lipinski definition) is 1. The molecule has 1 aromatic rings. The number of nitrogens with zero attached hydrogens (tertiary/aromatic N) is 1. The zero-order chi connectivity index (χ0) is 11.5. The summed E-state index contributed by atoms with van der Waals surface area (Å²) in [6.45, 7) is 0.639. The van der Waals surface area contributed by atoms with Gasteiger partial charge in [0.25, 0.3) is 0 Å². The molecule has 0 saturated carbocycles. The van der Waals surface area contributed by atoms with Gasteiger partial charge in [-0.1, -0.05) is 30.3 Å².